The van der Waals surface area contributed by atoms with E-state index in [0.717, 1.165) is 24.5 Å². The first-order valence-electron chi connectivity index (χ1n) is 12.6. The van der Waals surface area contributed by atoms with Crippen molar-refractivity contribution < 1.29 is 13.9 Å². The first-order valence-corrected chi connectivity index (χ1v) is 12.6. The minimum atomic E-state index is -2.64. The van der Waals surface area contributed by atoms with Crippen molar-refractivity contribution in [2.75, 3.05) is 48.3 Å². The molecule has 0 unspecified atom stereocenters. The second-order valence-corrected chi connectivity index (χ2v) is 9.72. The molecule has 2 saturated heterocycles. The minimum absolute atomic E-state index is 0.133. The van der Waals surface area contributed by atoms with Crippen LogP contribution in [0.4, 0.5) is 26.1 Å². The van der Waals surface area contributed by atoms with Gasteiger partial charge in [0.2, 0.25) is 5.82 Å². The summed E-state index contributed by atoms with van der Waals surface area (Å²) in [6.45, 7) is 5.74. The Labute approximate surface area is 220 Å². The van der Waals surface area contributed by atoms with Crippen LogP contribution < -0.4 is 15.5 Å². The van der Waals surface area contributed by atoms with Crippen LogP contribution >= 0.6 is 0 Å². The van der Waals surface area contributed by atoms with Crippen LogP contribution in [0.3, 0.4) is 0 Å². The average Bonchev–Trinajstić information content (AvgIpc) is 3.10. The molecule has 9 nitrogen and oxygen atoms in total. The normalized spacial score (nSPS) is 21.3. The molecular weight excluding hydrogens is 490 g/mol. The fourth-order valence-electron chi connectivity index (χ4n) is 4.78. The smallest absolute Gasteiger partial charge is 0.275 e. The Hall–Kier alpha value is -4.04. The molecule has 2 fully saturated rings. The molecular formula is C27H30F2N8O. The number of benzene rings is 1. The van der Waals surface area contributed by atoms with E-state index >= 15 is 0 Å². The molecule has 2 atom stereocenters. The van der Waals surface area contributed by atoms with Crippen molar-refractivity contribution in [3.63, 3.8) is 0 Å². The third kappa shape index (κ3) is 5.17. The molecule has 0 amide bonds. The van der Waals surface area contributed by atoms with Gasteiger partial charge in [0.15, 0.2) is 5.82 Å². The van der Waals surface area contributed by atoms with Crippen molar-refractivity contribution in [3.8, 4) is 28.8 Å². The molecule has 0 aliphatic carbocycles. The number of nitrogens with two attached hydrogens (primary N) is 1. The number of likely N-dealkylation sites (tertiary alicyclic amines) is 1. The maximum absolute atomic E-state index is 13.4. The number of phenolic OH excluding ortho intramolecular Hbond substituents is 1. The predicted molar refractivity (Wildman–Crippen MR) is 142 cm³/mol. The molecule has 38 heavy (non-hydrogen) atoms. The number of hydrogen-bond acceptors (Lipinski definition) is 9. The molecule has 3 aromatic rings. The lowest BCUT2D eigenvalue weighted by molar-refractivity contribution is -0.171. The Kier molecular flexibility index (Phi) is 6.99. The maximum atomic E-state index is 13.4. The number of hydrogen-bond donors (Lipinski definition) is 2. The van der Waals surface area contributed by atoms with E-state index in [4.69, 9.17) is 5.73 Å². The predicted octanol–water partition coefficient (Wildman–Crippen LogP) is 3.02. The lowest BCUT2D eigenvalue weighted by Crippen LogP contribution is -2.63. The van der Waals surface area contributed by atoms with Crippen molar-refractivity contribution in [3.05, 3.63) is 48.4 Å². The fourth-order valence-corrected chi connectivity index (χ4v) is 4.78. The Morgan fingerprint density at radius 3 is 2.71 bits per heavy atom. The van der Waals surface area contributed by atoms with E-state index in [1.165, 1.54) is 6.92 Å². The molecule has 3 N–H and O–H groups in total. The zero-order chi connectivity index (χ0) is 26.9. The van der Waals surface area contributed by atoms with Crippen LogP contribution in [0.25, 0.3) is 11.3 Å². The molecule has 0 spiro atoms. The summed E-state index contributed by atoms with van der Waals surface area (Å²) in [7, 11) is 0. The topological polar surface area (TPSA) is 108 Å². The molecule has 1 aromatic carbocycles. The van der Waals surface area contributed by atoms with Crippen molar-refractivity contribution in [1.29, 1.82) is 0 Å². The number of aromatic hydroxyl groups is 1. The van der Waals surface area contributed by atoms with Crippen molar-refractivity contribution in [1.82, 2.24) is 25.1 Å². The van der Waals surface area contributed by atoms with E-state index in [9.17, 15) is 13.9 Å². The SMILES string of the molecule is C[C@@H]1CCN(c2cc(-c3ccccc3O)nnc2N)CCN1c1ccnc(C#CCN2CC(F)(F)[C@H]2C)n1. The third-order valence-corrected chi connectivity index (χ3v) is 7.27. The van der Waals surface area contributed by atoms with Gasteiger partial charge >= 0.3 is 0 Å². The lowest BCUT2D eigenvalue weighted by atomic mass is 10.0. The van der Waals surface area contributed by atoms with Gasteiger partial charge in [-0.15, -0.1) is 10.2 Å². The second-order valence-electron chi connectivity index (χ2n) is 9.72. The summed E-state index contributed by atoms with van der Waals surface area (Å²) in [5.74, 6) is 4.80. The summed E-state index contributed by atoms with van der Waals surface area (Å²) in [5.41, 5.74) is 8.14. The van der Waals surface area contributed by atoms with Crippen molar-refractivity contribution in [2.45, 2.75) is 38.3 Å². The fraction of sp³-hybridized carbons (Fsp3) is 0.407. The van der Waals surface area contributed by atoms with Crippen LogP contribution in [-0.2, 0) is 0 Å². The van der Waals surface area contributed by atoms with Gasteiger partial charge in [-0.25, -0.2) is 18.7 Å². The molecule has 2 aliphatic rings. The molecule has 0 saturated carbocycles. The summed E-state index contributed by atoms with van der Waals surface area (Å²) in [6.07, 6.45) is 2.52. The number of anilines is 3. The maximum Gasteiger partial charge on any atom is 0.275 e. The molecule has 0 bridgehead atoms. The van der Waals surface area contributed by atoms with Crippen LogP contribution in [-0.4, -0.2) is 80.9 Å². The van der Waals surface area contributed by atoms with E-state index in [1.54, 1.807) is 29.3 Å². The Balaban J connectivity index is 1.29. The Morgan fingerprint density at radius 2 is 1.95 bits per heavy atom. The van der Waals surface area contributed by atoms with Crippen LogP contribution in [0, 0.1) is 11.8 Å². The van der Waals surface area contributed by atoms with Gasteiger partial charge in [0.25, 0.3) is 5.92 Å². The molecule has 4 heterocycles. The van der Waals surface area contributed by atoms with E-state index in [0.29, 0.717) is 36.0 Å². The molecule has 2 aromatic heterocycles. The number of nitrogen functional groups attached to an aromatic ring is 1. The molecule has 5 rings (SSSR count). The van der Waals surface area contributed by atoms with E-state index in [2.05, 4.69) is 48.7 Å². The molecule has 0 radical (unpaired) electrons. The van der Waals surface area contributed by atoms with E-state index in [1.807, 2.05) is 18.2 Å². The van der Waals surface area contributed by atoms with Crippen LogP contribution in [0.1, 0.15) is 26.1 Å². The average molecular weight is 521 g/mol. The van der Waals surface area contributed by atoms with Gasteiger partial charge in [-0.05, 0) is 50.5 Å². The van der Waals surface area contributed by atoms with Gasteiger partial charge in [0.05, 0.1) is 30.5 Å². The standard InChI is InChI=1S/C27H30F2N8O/c1-18-10-13-35(22-16-21(33-34-26(22)30)20-6-3-4-7-23(20)38)14-15-37(18)25-9-11-31-24(32-25)8-5-12-36-17-27(28,29)19(36)2/h3-4,6-7,9,11,16,18-19,38H,10,12-15,17H2,1-2H3,(H2,30,34)/t18-,19-/m1/s1. The van der Waals surface area contributed by atoms with E-state index in [-0.39, 0.29) is 24.9 Å². The molecule has 2 aliphatic heterocycles. The number of para-hydroxylation sites is 1. The Morgan fingerprint density at radius 1 is 1.13 bits per heavy atom. The Bertz CT molecular complexity index is 1370. The monoisotopic (exact) mass is 520 g/mol. The van der Waals surface area contributed by atoms with E-state index < -0.39 is 12.0 Å². The number of alkyl halides is 2. The highest BCUT2D eigenvalue weighted by Gasteiger charge is 2.51. The summed E-state index contributed by atoms with van der Waals surface area (Å²) in [6, 6.07) is 10.1. The first-order chi connectivity index (χ1) is 18.2. The summed E-state index contributed by atoms with van der Waals surface area (Å²) in [4.78, 5) is 14.9. The zero-order valence-corrected chi connectivity index (χ0v) is 21.3. The van der Waals surface area contributed by atoms with Gasteiger partial charge in [-0.2, -0.15) is 0 Å². The number of halogens is 2. The first kappa shape index (κ1) is 25.6. The number of phenols is 1. The van der Waals surface area contributed by atoms with Gasteiger partial charge in [-0.3, -0.25) is 4.90 Å². The van der Waals surface area contributed by atoms with Gasteiger partial charge in [0.1, 0.15) is 11.6 Å². The van der Waals surface area contributed by atoms with Crippen molar-refractivity contribution >= 4 is 17.3 Å². The van der Waals surface area contributed by atoms with Gasteiger partial charge in [0, 0.05) is 37.4 Å². The van der Waals surface area contributed by atoms with Gasteiger partial charge < -0.3 is 20.6 Å². The highest BCUT2D eigenvalue weighted by molar-refractivity contribution is 5.74. The summed E-state index contributed by atoms with van der Waals surface area (Å²) >= 11 is 0. The number of rotatable bonds is 4. The highest BCUT2D eigenvalue weighted by atomic mass is 19.3. The van der Waals surface area contributed by atoms with Crippen molar-refractivity contribution in [2.24, 2.45) is 0 Å². The molecule has 11 heteroatoms. The summed E-state index contributed by atoms with van der Waals surface area (Å²) < 4.78 is 26.8. The third-order valence-electron chi connectivity index (χ3n) is 7.27. The second kappa shape index (κ2) is 10.4. The lowest BCUT2D eigenvalue weighted by Gasteiger charge is -2.44. The van der Waals surface area contributed by atoms with Crippen LogP contribution in [0.15, 0.2) is 42.6 Å². The highest BCUT2D eigenvalue weighted by Crippen LogP contribution is 2.34. The molecule has 198 valence electrons. The largest absolute Gasteiger partial charge is 0.507 e. The van der Waals surface area contributed by atoms with Gasteiger partial charge in [-0.1, -0.05) is 18.1 Å². The minimum Gasteiger partial charge on any atom is -0.507 e. The quantitative estimate of drug-likeness (QED) is 0.502. The zero-order valence-electron chi connectivity index (χ0n) is 21.3. The van der Waals surface area contributed by atoms with Crippen LogP contribution in [0.2, 0.25) is 0 Å². The number of nitrogens with zero attached hydrogens (tertiary/aromatic N) is 7. The number of aromatic nitrogens is 4. The summed E-state index contributed by atoms with van der Waals surface area (Å²) in [5, 5.41) is 18.6. The van der Waals surface area contributed by atoms with Crippen LogP contribution in [0.5, 0.6) is 5.75 Å².